The van der Waals surface area contributed by atoms with Crippen molar-refractivity contribution in [3.8, 4) is 0 Å². The number of anilines is 3. The molecule has 0 spiro atoms. The second kappa shape index (κ2) is 8.01. The monoisotopic (exact) mass is 419 g/mol. The summed E-state index contributed by atoms with van der Waals surface area (Å²) >= 11 is 6.09. The van der Waals surface area contributed by atoms with E-state index in [0.717, 1.165) is 48.9 Å². The molecule has 0 saturated carbocycles. The Bertz CT molecular complexity index is 1050. The van der Waals surface area contributed by atoms with Crippen molar-refractivity contribution < 1.29 is 9.53 Å². The van der Waals surface area contributed by atoms with Gasteiger partial charge in [-0.2, -0.15) is 0 Å². The number of nitrogens with zero attached hydrogens (tertiary/aromatic N) is 2. The van der Waals surface area contributed by atoms with Gasteiger partial charge in [0.25, 0.3) is 5.91 Å². The van der Waals surface area contributed by atoms with Crippen molar-refractivity contribution in [1.29, 1.82) is 0 Å². The lowest BCUT2D eigenvalue weighted by molar-refractivity contribution is 0.0975. The fourth-order valence-electron chi connectivity index (χ4n) is 4.04. The van der Waals surface area contributed by atoms with Crippen molar-refractivity contribution in [2.45, 2.75) is 6.17 Å². The number of hydrogen-bond acceptors (Lipinski definition) is 4. The zero-order chi connectivity index (χ0) is 20.5. The molecular weight excluding hydrogens is 398 g/mol. The lowest BCUT2D eigenvalue weighted by Crippen LogP contribution is -2.43. The average molecular weight is 420 g/mol. The molecule has 5 rings (SSSR count). The molecule has 0 bridgehead atoms. The van der Waals surface area contributed by atoms with Crippen molar-refractivity contribution in [3.63, 3.8) is 0 Å². The van der Waals surface area contributed by atoms with Gasteiger partial charge in [0.05, 0.1) is 18.8 Å². The van der Waals surface area contributed by atoms with Crippen LogP contribution in [-0.2, 0) is 4.74 Å². The highest BCUT2D eigenvalue weighted by atomic mass is 35.5. The van der Waals surface area contributed by atoms with Crippen LogP contribution >= 0.6 is 11.6 Å². The summed E-state index contributed by atoms with van der Waals surface area (Å²) in [5, 5.41) is 4.19. The van der Waals surface area contributed by atoms with Crippen molar-refractivity contribution in [2.75, 3.05) is 41.4 Å². The molecule has 2 aliphatic heterocycles. The molecule has 0 aliphatic carbocycles. The number of fused-ring (bicyclic) bond motifs is 1. The van der Waals surface area contributed by atoms with Gasteiger partial charge in [0, 0.05) is 35.2 Å². The van der Waals surface area contributed by atoms with Crippen LogP contribution in [0.5, 0.6) is 0 Å². The zero-order valence-corrected chi connectivity index (χ0v) is 17.2. The molecule has 1 atom stereocenters. The maximum absolute atomic E-state index is 13.5. The number of benzene rings is 3. The number of hydrogen-bond donors (Lipinski definition) is 1. The van der Waals surface area contributed by atoms with E-state index in [-0.39, 0.29) is 12.1 Å². The zero-order valence-electron chi connectivity index (χ0n) is 16.4. The molecule has 0 aromatic heterocycles. The maximum Gasteiger partial charge on any atom is 0.262 e. The van der Waals surface area contributed by atoms with Crippen LogP contribution in [-0.4, -0.2) is 32.2 Å². The van der Waals surface area contributed by atoms with Gasteiger partial charge in [-0.1, -0.05) is 35.9 Å². The molecule has 6 heteroatoms. The first-order chi connectivity index (χ1) is 14.7. The molecule has 1 fully saturated rings. The first-order valence-corrected chi connectivity index (χ1v) is 10.5. The first-order valence-electron chi connectivity index (χ1n) is 10.1. The molecule has 1 saturated heterocycles. The van der Waals surface area contributed by atoms with Crippen LogP contribution in [0.15, 0.2) is 72.8 Å². The summed E-state index contributed by atoms with van der Waals surface area (Å²) in [6, 6.07) is 23.4. The van der Waals surface area contributed by atoms with E-state index >= 15 is 0 Å². The lowest BCUT2D eigenvalue weighted by atomic mass is 10.0. The van der Waals surface area contributed by atoms with E-state index in [4.69, 9.17) is 16.3 Å². The molecule has 30 heavy (non-hydrogen) atoms. The maximum atomic E-state index is 13.5. The van der Waals surface area contributed by atoms with E-state index in [1.807, 2.05) is 65.6 Å². The van der Waals surface area contributed by atoms with E-state index in [2.05, 4.69) is 22.3 Å². The number of halogens is 1. The number of amides is 1. The molecule has 3 aromatic carbocycles. The van der Waals surface area contributed by atoms with E-state index in [0.29, 0.717) is 10.6 Å². The Kier molecular flexibility index (Phi) is 5.07. The van der Waals surface area contributed by atoms with Gasteiger partial charge in [-0.15, -0.1) is 0 Å². The minimum absolute atomic E-state index is 0.0246. The third-order valence-corrected chi connectivity index (χ3v) is 5.87. The van der Waals surface area contributed by atoms with Crippen molar-refractivity contribution in [1.82, 2.24) is 0 Å². The minimum Gasteiger partial charge on any atom is -0.378 e. The Morgan fingerprint density at radius 1 is 0.867 bits per heavy atom. The van der Waals surface area contributed by atoms with Crippen LogP contribution in [0.2, 0.25) is 5.02 Å². The highest BCUT2D eigenvalue weighted by Gasteiger charge is 2.34. The molecule has 2 aliphatic rings. The predicted molar refractivity (Wildman–Crippen MR) is 121 cm³/mol. The number of nitrogens with one attached hydrogen (secondary N) is 1. The van der Waals surface area contributed by atoms with Crippen LogP contribution in [0.25, 0.3) is 0 Å². The number of carbonyl (C=O) groups is 1. The van der Waals surface area contributed by atoms with Crippen molar-refractivity contribution >= 4 is 34.6 Å². The molecule has 1 N–H and O–H groups in total. The standard InChI is InChI=1S/C24H22ClN3O2/c25-18-7-5-17(6-8-18)23-26-22-4-2-1-3-21(22)24(29)28(23)20-11-9-19(10-12-20)27-13-15-30-16-14-27/h1-12,23,26H,13-16H2. The summed E-state index contributed by atoms with van der Waals surface area (Å²) in [6.07, 6.45) is -0.320. The van der Waals surface area contributed by atoms with E-state index in [9.17, 15) is 4.79 Å². The Morgan fingerprint density at radius 2 is 1.53 bits per heavy atom. The van der Waals surface area contributed by atoms with Gasteiger partial charge in [-0.3, -0.25) is 9.69 Å². The number of para-hydroxylation sites is 1. The van der Waals surface area contributed by atoms with Gasteiger partial charge < -0.3 is 15.0 Å². The Labute approximate surface area is 180 Å². The summed E-state index contributed by atoms with van der Waals surface area (Å²) in [5.74, 6) is -0.0246. The Balaban J connectivity index is 1.52. The quantitative estimate of drug-likeness (QED) is 0.652. The molecule has 3 aromatic rings. The van der Waals surface area contributed by atoms with Crippen LogP contribution in [0, 0.1) is 0 Å². The number of morpholine rings is 1. The SMILES string of the molecule is O=C1c2ccccc2NC(c2ccc(Cl)cc2)N1c1ccc(N2CCOCC2)cc1. The number of rotatable bonds is 3. The van der Waals surface area contributed by atoms with Gasteiger partial charge in [0.15, 0.2) is 0 Å². The van der Waals surface area contributed by atoms with Crippen molar-refractivity contribution in [2.24, 2.45) is 0 Å². The van der Waals surface area contributed by atoms with Crippen LogP contribution in [0.1, 0.15) is 22.1 Å². The first kappa shape index (κ1) is 19.0. The molecule has 1 unspecified atom stereocenters. The van der Waals surface area contributed by atoms with E-state index in [1.54, 1.807) is 0 Å². The van der Waals surface area contributed by atoms with Gasteiger partial charge >= 0.3 is 0 Å². The third kappa shape index (κ3) is 3.51. The second-order valence-corrected chi connectivity index (χ2v) is 7.87. The van der Waals surface area contributed by atoms with Crippen LogP contribution in [0.4, 0.5) is 17.1 Å². The fraction of sp³-hybridized carbons (Fsp3) is 0.208. The molecular formula is C24H22ClN3O2. The topological polar surface area (TPSA) is 44.8 Å². The van der Waals surface area contributed by atoms with Gasteiger partial charge in [0.1, 0.15) is 6.17 Å². The van der Waals surface area contributed by atoms with Gasteiger partial charge in [0.2, 0.25) is 0 Å². The largest absolute Gasteiger partial charge is 0.378 e. The van der Waals surface area contributed by atoms with Crippen LogP contribution < -0.4 is 15.1 Å². The highest BCUT2D eigenvalue weighted by Crippen LogP contribution is 2.37. The average Bonchev–Trinajstić information content (AvgIpc) is 2.80. The minimum atomic E-state index is -0.320. The summed E-state index contributed by atoms with van der Waals surface area (Å²) in [4.78, 5) is 17.6. The smallest absolute Gasteiger partial charge is 0.262 e. The summed E-state index contributed by atoms with van der Waals surface area (Å²) in [6.45, 7) is 3.24. The summed E-state index contributed by atoms with van der Waals surface area (Å²) in [7, 11) is 0. The molecule has 152 valence electrons. The highest BCUT2D eigenvalue weighted by molar-refractivity contribution is 6.30. The number of carbonyl (C=O) groups excluding carboxylic acids is 1. The lowest BCUT2D eigenvalue weighted by Gasteiger charge is -2.38. The molecule has 5 nitrogen and oxygen atoms in total. The summed E-state index contributed by atoms with van der Waals surface area (Å²) < 4.78 is 5.45. The van der Waals surface area contributed by atoms with E-state index < -0.39 is 0 Å². The van der Waals surface area contributed by atoms with Gasteiger partial charge in [-0.05, 0) is 54.1 Å². The Morgan fingerprint density at radius 3 is 2.27 bits per heavy atom. The van der Waals surface area contributed by atoms with E-state index in [1.165, 1.54) is 0 Å². The predicted octanol–water partition coefficient (Wildman–Crippen LogP) is 4.95. The molecule has 0 radical (unpaired) electrons. The number of ether oxygens (including phenoxy) is 1. The van der Waals surface area contributed by atoms with Crippen LogP contribution in [0.3, 0.4) is 0 Å². The normalized spacial score (nSPS) is 18.7. The van der Waals surface area contributed by atoms with Gasteiger partial charge in [-0.25, -0.2) is 0 Å². The second-order valence-electron chi connectivity index (χ2n) is 7.43. The van der Waals surface area contributed by atoms with Crippen molar-refractivity contribution in [3.05, 3.63) is 88.9 Å². The molecule has 2 heterocycles. The Hall–Kier alpha value is -3.02. The third-order valence-electron chi connectivity index (χ3n) is 5.62. The molecule has 1 amide bonds. The summed E-state index contributed by atoms with van der Waals surface area (Å²) in [5.41, 5.74) is 4.46. The fourth-order valence-corrected chi connectivity index (χ4v) is 4.17.